The van der Waals surface area contributed by atoms with Crippen LogP contribution in [0.15, 0.2) is 47.4 Å². The van der Waals surface area contributed by atoms with Gasteiger partial charge >= 0.3 is 0 Å². The summed E-state index contributed by atoms with van der Waals surface area (Å²) in [5.74, 6) is -1.22. The zero-order chi connectivity index (χ0) is 19.4. The van der Waals surface area contributed by atoms with E-state index in [0.717, 1.165) is 22.3 Å². The highest BCUT2D eigenvalue weighted by atomic mass is 32.2. The summed E-state index contributed by atoms with van der Waals surface area (Å²) in [6, 6.07) is 11.7. The lowest BCUT2D eigenvalue weighted by Crippen LogP contribution is -3.06. The van der Waals surface area contributed by atoms with Gasteiger partial charge in [0.2, 0.25) is 5.91 Å². The van der Waals surface area contributed by atoms with Crippen molar-refractivity contribution in [2.24, 2.45) is 0 Å². The molecule has 0 saturated carbocycles. The fourth-order valence-electron chi connectivity index (χ4n) is 2.46. The summed E-state index contributed by atoms with van der Waals surface area (Å²) in [7, 11) is 3.99. The Hall–Kier alpha value is -2.03. The van der Waals surface area contributed by atoms with E-state index in [1.54, 1.807) is 4.90 Å². The maximum Gasteiger partial charge on any atom is 0.239 e. The minimum Gasteiger partial charge on any atom is -0.338 e. The van der Waals surface area contributed by atoms with Crippen molar-refractivity contribution in [1.29, 1.82) is 0 Å². The van der Waals surface area contributed by atoms with E-state index in [0.29, 0.717) is 22.9 Å². The number of quaternary nitrogens is 1. The molecule has 0 spiro atoms. The first kappa shape index (κ1) is 19.7. The van der Waals surface area contributed by atoms with Gasteiger partial charge in [0.15, 0.2) is 10.9 Å². The van der Waals surface area contributed by atoms with Crippen LogP contribution in [0.5, 0.6) is 0 Å². The van der Waals surface area contributed by atoms with Crippen LogP contribution >= 0.6 is 23.1 Å². The van der Waals surface area contributed by atoms with Crippen molar-refractivity contribution in [3.05, 3.63) is 54.1 Å². The number of likely N-dealkylation sites (N-methyl/N-ethyl adjacent to an activating group) is 1. The minimum absolute atomic E-state index is 0.0992. The van der Waals surface area contributed by atoms with Gasteiger partial charge in [0.1, 0.15) is 11.3 Å². The number of thiazole rings is 1. The average molecular weight is 409 g/mol. The molecular weight excluding hydrogens is 388 g/mol. The van der Waals surface area contributed by atoms with Crippen LogP contribution in [0.25, 0.3) is 10.2 Å². The highest BCUT2D eigenvalue weighted by molar-refractivity contribution is 8.00. The molecule has 27 heavy (non-hydrogen) atoms. The molecule has 4 nitrogen and oxygen atoms in total. The average Bonchev–Trinajstić information content (AvgIpc) is 3.04. The smallest absolute Gasteiger partial charge is 0.239 e. The summed E-state index contributed by atoms with van der Waals surface area (Å²) >= 11 is 2.57. The summed E-state index contributed by atoms with van der Waals surface area (Å²) < 4.78 is 27.9. The number of carbonyl (C=O) groups is 1. The molecule has 0 fully saturated rings. The van der Waals surface area contributed by atoms with Gasteiger partial charge in [-0.15, -0.1) is 11.8 Å². The number of benzene rings is 2. The molecule has 3 rings (SSSR count). The van der Waals surface area contributed by atoms with Crippen molar-refractivity contribution in [2.45, 2.75) is 4.90 Å². The number of fused-ring (bicyclic) bond motifs is 1. The van der Waals surface area contributed by atoms with Crippen LogP contribution in [-0.4, -0.2) is 43.8 Å². The molecule has 1 aromatic heterocycles. The van der Waals surface area contributed by atoms with E-state index in [1.165, 1.54) is 22.7 Å². The second-order valence-electron chi connectivity index (χ2n) is 6.34. The number of aromatic nitrogens is 1. The topological polar surface area (TPSA) is 37.6 Å². The molecule has 0 radical (unpaired) electrons. The molecule has 0 aliphatic heterocycles. The monoisotopic (exact) mass is 408 g/mol. The van der Waals surface area contributed by atoms with Crippen LogP contribution in [0.2, 0.25) is 0 Å². The van der Waals surface area contributed by atoms with Crippen molar-refractivity contribution in [3.8, 4) is 0 Å². The van der Waals surface area contributed by atoms with Crippen molar-refractivity contribution in [1.82, 2.24) is 4.98 Å². The van der Waals surface area contributed by atoms with Gasteiger partial charge in [-0.3, -0.25) is 9.69 Å². The molecule has 0 unspecified atom stereocenters. The largest absolute Gasteiger partial charge is 0.338 e. The van der Waals surface area contributed by atoms with Crippen LogP contribution in [0.3, 0.4) is 0 Å². The van der Waals surface area contributed by atoms with E-state index in [1.807, 2.05) is 44.4 Å². The molecule has 0 aliphatic rings. The Morgan fingerprint density at radius 2 is 1.96 bits per heavy atom. The quantitative estimate of drug-likeness (QED) is 0.611. The Labute approximate surface area is 164 Å². The molecule has 1 amide bonds. The molecular formula is C19H20F2N3OS2+. The standard InChI is InChI=1S/C19H19F2N3OS2/c1-23(2)8-9-24(17(25)12-26-14-6-4-3-5-7-14)19-22-18-15(21)10-13(20)11-16(18)27-19/h3-7,10-11H,8-9,12H2,1-2H3/p+1. The zero-order valence-corrected chi connectivity index (χ0v) is 16.7. The second kappa shape index (κ2) is 8.77. The van der Waals surface area contributed by atoms with Crippen molar-refractivity contribution >= 4 is 44.4 Å². The second-order valence-corrected chi connectivity index (χ2v) is 8.39. The normalized spacial score (nSPS) is 11.3. The molecule has 3 aromatic rings. The minimum atomic E-state index is -0.711. The number of nitrogens with one attached hydrogen (secondary N) is 1. The fourth-order valence-corrected chi connectivity index (χ4v) is 4.31. The number of rotatable bonds is 7. The van der Waals surface area contributed by atoms with Crippen LogP contribution < -0.4 is 9.80 Å². The predicted octanol–water partition coefficient (Wildman–Crippen LogP) is 2.84. The number of hydrogen-bond acceptors (Lipinski definition) is 4. The number of hydrogen-bond donors (Lipinski definition) is 1. The van der Waals surface area contributed by atoms with Gasteiger partial charge in [-0.1, -0.05) is 29.5 Å². The van der Waals surface area contributed by atoms with Gasteiger partial charge in [0.05, 0.1) is 37.6 Å². The van der Waals surface area contributed by atoms with Crippen LogP contribution in [0.4, 0.5) is 13.9 Å². The SMILES string of the molecule is C[NH+](C)CCN(C(=O)CSc1ccccc1)c1nc2c(F)cc(F)cc2s1. The zero-order valence-electron chi connectivity index (χ0n) is 15.0. The van der Waals surface area contributed by atoms with Crippen LogP contribution in [0.1, 0.15) is 0 Å². The van der Waals surface area contributed by atoms with E-state index in [-0.39, 0.29) is 17.2 Å². The van der Waals surface area contributed by atoms with Crippen molar-refractivity contribution in [3.63, 3.8) is 0 Å². The molecule has 0 saturated heterocycles. The maximum atomic E-state index is 14.0. The number of anilines is 1. The van der Waals surface area contributed by atoms with E-state index in [2.05, 4.69) is 4.98 Å². The van der Waals surface area contributed by atoms with Crippen LogP contribution in [0, 0.1) is 11.6 Å². The molecule has 0 aliphatic carbocycles. The van der Waals surface area contributed by atoms with E-state index in [4.69, 9.17) is 0 Å². The first-order valence-electron chi connectivity index (χ1n) is 8.47. The number of amides is 1. The predicted molar refractivity (Wildman–Crippen MR) is 107 cm³/mol. The van der Waals surface area contributed by atoms with E-state index in [9.17, 15) is 13.6 Å². The Morgan fingerprint density at radius 3 is 2.67 bits per heavy atom. The first-order chi connectivity index (χ1) is 12.9. The Balaban J connectivity index is 1.84. The molecule has 1 N–H and O–H groups in total. The molecule has 142 valence electrons. The lowest BCUT2D eigenvalue weighted by Gasteiger charge is -2.20. The molecule has 1 heterocycles. The third-order valence-corrected chi connectivity index (χ3v) is 5.90. The molecule has 0 atom stereocenters. The molecule has 8 heteroatoms. The Morgan fingerprint density at radius 1 is 1.22 bits per heavy atom. The summed E-state index contributed by atoms with van der Waals surface area (Å²) in [5, 5.41) is 0.398. The van der Waals surface area contributed by atoms with E-state index < -0.39 is 11.6 Å². The fraction of sp³-hybridized carbons (Fsp3) is 0.263. The van der Waals surface area contributed by atoms with Crippen LogP contribution in [-0.2, 0) is 4.79 Å². The molecule has 2 aromatic carbocycles. The van der Waals surface area contributed by atoms with E-state index >= 15 is 0 Å². The lowest BCUT2D eigenvalue weighted by atomic mass is 10.3. The molecule has 0 bridgehead atoms. The summed E-state index contributed by atoms with van der Waals surface area (Å²) in [6.07, 6.45) is 0. The Kier molecular flexibility index (Phi) is 6.41. The highest BCUT2D eigenvalue weighted by Gasteiger charge is 2.22. The van der Waals surface area contributed by atoms with Gasteiger partial charge in [-0.05, 0) is 18.2 Å². The first-order valence-corrected chi connectivity index (χ1v) is 10.3. The lowest BCUT2D eigenvalue weighted by molar-refractivity contribution is -0.856. The highest BCUT2D eigenvalue weighted by Crippen LogP contribution is 2.31. The maximum absolute atomic E-state index is 14.0. The third kappa shape index (κ3) is 5.03. The number of nitrogens with zero attached hydrogens (tertiary/aromatic N) is 2. The number of carbonyl (C=O) groups excluding carboxylic acids is 1. The van der Waals surface area contributed by atoms with Gasteiger partial charge < -0.3 is 4.90 Å². The van der Waals surface area contributed by atoms with Gasteiger partial charge in [-0.2, -0.15) is 0 Å². The van der Waals surface area contributed by atoms with Gasteiger partial charge in [0, 0.05) is 11.0 Å². The Bertz CT molecular complexity index is 931. The van der Waals surface area contributed by atoms with Gasteiger partial charge in [0.25, 0.3) is 0 Å². The third-order valence-electron chi connectivity index (χ3n) is 3.87. The number of halogens is 2. The van der Waals surface area contributed by atoms with Crippen molar-refractivity contribution < 1.29 is 18.5 Å². The van der Waals surface area contributed by atoms with Gasteiger partial charge in [-0.25, -0.2) is 13.8 Å². The van der Waals surface area contributed by atoms with Crippen molar-refractivity contribution in [2.75, 3.05) is 37.8 Å². The summed E-state index contributed by atoms with van der Waals surface area (Å²) in [5.41, 5.74) is 0.0992. The summed E-state index contributed by atoms with van der Waals surface area (Å²) in [6.45, 7) is 1.18. The number of thioether (sulfide) groups is 1. The summed E-state index contributed by atoms with van der Waals surface area (Å²) in [4.78, 5) is 20.9.